The van der Waals surface area contributed by atoms with Crippen molar-refractivity contribution < 1.29 is 4.79 Å². The monoisotopic (exact) mass is 411 g/mol. The van der Waals surface area contributed by atoms with Crippen LogP contribution in [0.4, 0.5) is 0 Å². The van der Waals surface area contributed by atoms with Gasteiger partial charge < -0.3 is 0 Å². The second-order valence-electron chi connectivity index (χ2n) is 8.15. The van der Waals surface area contributed by atoms with Crippen LogP contribution in [0.1, 0.15) is 42.9 Å². The zero-order chi connectivity index (χ0) is 21.5. The molecule has 1 atom stereocenters. The summed E-state index contributed by atoms with van der Waals surface area (Å²) in [6, 6.07) is 21.4. The first kappa shape index (κ1) is 21.0. The maximum atomic E-state index is 12.1. The molecule has 3 aromatic rings. The average Bonchev–Trinajstić information content (AvgIpc) is 3.33. The van der Waals surface area contributed by atoms with Crippen LogP contribution in [0.2, 0.25) is 0 Å². The molecule has 0 N–H and O–H groups in total. The van der Waals surface area contributed by atoms with E-state index in [1.165, 1.54) is 22.3 Å². The third kappa shape index (κ3) is 5.46. The molecule has 1 aromatic heterocycles. The van der Waals surface area contributed by atoms with E-state index in [0.29, 0.717) is 0 Å². The van der Waals surface area contributed by atoms with Gasteiger partial charge in [-0.05, 0) is 66.5 Å². The summed E-state index contributed by atoms with van der Waals surface area (Å²) < 4.78 is 0. The number of benzene rings is 2. The Morgan fingerprint density at radius 1 is 1.00 bits per heavy atom. The van der Waals surface area contributed by atoms with Gasteiger partial charge >= 0.3 is 0 Å². The van der Waals surface area contributed by atoms with Crippen LogP contribution in [0.25, 0.3) is 11.1 Å². The van der Waals surface area contributed by atoms with Gasteiger partial charge in [-0.15, -0.1) is 0 Å². The molecule has 0 saturated carbocycles. The second kappa shape index (κ2) is 10.2. The summed E-state index contributed by atoms with van der Waals surface area (Å²) in [4.78, 5) is 16.3. The Kier molecular flexibility index (Phi) is 6.88. The van der Waals surface area contributed by atoms with Gasteiger partial charge in [-0.1, -0.05) is 54.6 Å². The number of pyridine rings is 1. The Morgan fingerprint density at radius 3 is 2.48 bits per heavy atom. The van der Waals surface area contributed by atoms with Crippen LogP contribution in [-0.2, 0) is 17.6 Å². The number of hydrogen-bond donors (Lipinski definition) is 0. The number of hydrogen-bond acceptors (Lipinski definition) is 4. The van der Waals surface area contributed by atoms with Crippen molar-refractivity contribution in [1.82, 2.24) is 9.99 Å². The SMILES string of the molecule is CC(=O)C(CCCc1ccccc1Cc1ccc(-c2cccnc2)cc1)N1CCC=N1. The summed E-state index contributed by atoms with van der Waals surface area (Å²) in [5, 5.41) is 6.33. The molecular weight excluding hydrogens is 382 g/mol. The van der Waals surface area contributed by atoms with E-state index in [1.807, 2.05) is 23.5 Å². The van der Waals surface area contributed by atoms with E-state index in [-0.39, 0.29) is 11.8 Å². The zero-order valence-corrected chi connectivity index (χ0v) is 18.1. The number of Topliss-reactive ketones (excluding diaryl/α,β-unsaturated/α-hetero) is 1. The summed E-state index contributed by atoms with van der Waals surface area (Å²) in [6.07, 6.45) is 10.3. The van der Waals surface area contributed by atoms with Crippen LogP contribution in [0, 0.1) is 0 Å². The van der Waals surface area contributed by atoms with Crippen molar-refractivity contribution in [1.29, 1.82) is 0 Å². The molecule has 0 spiro atoms. The van der Waals surface area contributed by atoms with Gasteiger partial charge in [-0.25, -0.2) is 0 Å². The first-order valence-corrected chi connectivity index (χ1v) is 11.1. The fourth-order valence-corrected chi connectivity index (χ4v) is 4.24. The third-order valence-corrected chi connectivity index (χ3v) is 5.93. The number of nitrogens with zero attached hydrogens (tertiary/aromatic N) is 3. The van der Waals surface area contributed by atoms with Crippen LogP contribution in [0.3, 0.4) is 0 Å². The molecule has 0 saturated heterocycles. The molecule has 0 radical (unpaired) electrons. The highest BCUT2D eigenvalue weighted by molar-refractivity contribution is 5.81. The Bertz CT molecular complexity index is 1030. The number of carbonyl (C=O) groups excluding carboxylic acids is 1. The summed E-state index contributed by atoms with van der Waals surface area (Å²) >= 11 is 0. The van der Waals surface area contributed by atoms with Gasteiger partial charge in [-0.2, -0.15) is 5.10 Å². The van der Waals surface area contributed by atoms with E-state index in [1.54, 1.807) is 13.1 Å². The summed E-state index contributed by atoms with van der Waals surface area (Å²) in [6.45, 7) is 2.54. The van der Waals surface area contributed by atoms with Crippen molar-refractivity contribution in [2.24, 2.45) is 5.10 Å². The molecule has 4 heteroatoms. The van der Waals surface area contributed by atoms with Crippen LogP contribution in [0.15, 0.2) is 78.2 Å². The lowest BCUT2D eigenvalue weighted by atomic mass is 9.94. The van der Waals surface area contributed by atoms with E-state index < -0.39 is 0 Å². The Balaban J connectivity index is 1.39. The smallest absolute Gasteiger partial charge is 0.153 e. The molecule has 0 bridgehead atoms. The number of aryl methyl sites for hydroxylation is 1. The minimum atomic E-state index is -0.0917. The largest absolute Gasteiger partial charge is 0.298 e. The topological polar surface area (TPSA) is 45.6 Å². The number of carbonyl (C=O) groups is 1. The molecule has 0 fully saturated rings. The van der Waals surface area contributed by atoms with Crippen molar-refractivity contribution in [2.75, 3.05) is 6.54 Å². The minimum Gasteiger partial charge on any atom is -0.298 e. The fourth-order valence-electron chi connectivity index (χ4n) is 4.24. The van der Waals surface area contributed by atoms with Crippen molar-refractivity contribution >= 4 is 12.0 Å². The van der Waals surface area contributed by atoms with Gasteiger partial charge in [0.05, 0.1) is 0 Å². The van der Waals surface area contributed by atoms with E-state index >= 15 is 0 Å². The lowest BCUT2D eigenvalue weighted by molar-refractivity contribution is -0.122. The van der Waals surface area contributed by atoms with E-state index in [2.05, 4.69) is 64.7 Å². The molecule has 1 unspecified atom stereocenters. The zero-order valence-electron chi connectivity index (χ0n) is 18.1. The molecule has 31 heavy (non-hydrogen) atoms. The van der Waals surface area contributed by atoms with E-state index in [4.69, 9.17) is 0 Å². The van der Waals surface area contributed by atoms with Crippen LogP contribution in [0.5, 0.6) is 0 Å². The molecule has 0 aliphatic carbocycles. The minimum absolute atomic E-state index is 0.0917. The average molecular weight is 412 g/mol. The fraction of sp³-hybridized carbons (Fsp3) is 0.296. The van der Waals surface area contributed by atoms with Gasteiger partial charge in [0, 0.05) is 31.6 Å². The normalized spacial score (nSPS) is 14.0. The molecule has 2 heterocycles. The predicted octanol–water partition coefficient (Wildman–Crippen LogP) is 5.31. The van der Waals surface area contributed by atoms with Crippen molar-refractivity contribution in [3.63, 3.8) is 0 Å². The highest BCUT2D eigenvalue weighted by atomic mass is 16.1. The van der Waals surface area contributed by atoms with Crippen molar-refractivity contribution in [3.8, 4) is 11.1 Å². The summed E-state index contributed by atoms with van der Waals surface area (Å²) in [5.74, 6) is 0.209. The van der Waals surface area contributed by atoms with Gasteiger partial charge in [-0.3, -0.25) is 14.8 Å². The number of ketones is 1. The first-order chi connectivity index (χ1) is 15.2. The molecule has 1 aliphatic heterocycles. The van der Waals surface area contributed by atoms with Gasteiger partial charge in [0.15, 0.2) is 5.78 Å². The number of aromatic nitrogens is 1. The van der Waals surface area contributed by atoms with Crippen LogP contribution >= 0.6 is 0 Å². The lowest BCUT2D eigenvalue weighted by Gasteiger charge is -2.24. The van der Waals surface area contributed by atoms with Crippen LogP contribution < -0.4 is 0 Å². The molecule has 2 aromatic carbocycles. The highest BCUT2D eigenvalue weighted by Crippen LogP contribution is 2.22. The molecule has 4 rings (SSSR count). The molecule has 0 amide bonds. The second-order valence-corrected chi connectivity index (χ2v) is 8.15. The summed E-state index contributed by atoms with van der Waals surface area (Å²) in [7, 11) is 0. The predicted molar refractivity (Wildman–Crippen MR) is 126 cm³/mol. The van der Waals surface area contributed by atoms with E-state index in [0.717, 1.165) is 44.2 Å². The maximum absolute atomic E-state index is 12.1. The van der Waals surface area contributed by atoms with Gasteiger partial charge in [0.2, 0.25) is 0 Å². The van der Waals surface area contributed by atoms with Crippen LogP contribution in [-0.4, -0.2) is 34.6 Å². The lowest BCUT2D eigenvalue weighted by Crippen LogP contribution is -2.35. The molecule has 4 nitrogen and oxygen atoms in total. The molecule has 1 aliphatic rings. The number of rotatable bonds is 9. The summed E-state index contributed by atoms with van der Waals surface area (Å²) in [5.41, 5.74) is 6.34. The number of hydrazone groups is 1. The third-order valence-electron chi connectivity index (χ3n) is 5.93. The van der Waals surface area contributed by atoms with Gasteiger partial charge in [0.1, 0.15) is 6.04 Å². The van der Waals surface area contributed by atoms with Gasteiger partial charge in [0.25, 0.3) is 0 Å². The highest BCUT2D eigenvalue weighted by Gasteiger charge is 2.22. The Labute approximate surface area is 184 Å². The van der Waals surface area contributed by atoms with Crippen molar-refractivity contribution in [3.05, 3.63) is 89.7 Å². The molecule has 158 valence electrons. The Hall–Kier alpha value is -3.27. The first-order valence-electron chi connectivity index (χ1n) is 11.1. The van der Waals surface area contributed by atoms with E-state index in [9.17, 15) is 4.79 Å². The molecular formula is C27H29N3O. The standard InChI is InChI=1S/C27H29N3O/c1-21(31)27(30-18-6-17-29-30)11-4-9-23-7-2-3-8-25(23)19-22-12-14-24(15-13-22)26-10-5-16-28-20-26/h2-3,5,7-8,10,12-17,20,27H,4,6,9,11,18-19H2,1H3. The maximum Gasteiger partial charge on any atom is 0.153 e. The quantitative estimate of drug-likeness (QED) is 0.479. The Morgan fingerprint density at radius 2 is 1.81 bits per heavy atom. The van der Waals surface area contributed by atoms with Crippen molar-refractivity contribution in [2.45, 2.75) is 45.1 Å².